The van der Waals surface area contributed by atoms with E-state index < -0.39 is 0 Å². The van der Waals surface area contributed by atoms with Crippen molar-refractivity contribution in [1.29, 1.82) is 0 Å². The Morgan fingerprint density at radius 2 is 1.93 bits per heavy atom. The van der Waals surface area contributed by atoms with Gasteiger partial charge in [0.25, 0.3) is 0 Å². The van der Waals surface area contributed by atoms with Crippen molar-refractivity contribution in [3.8, 4) is 0 Å². The van der Waals surface area contributed by atoms with E-state index >= 15 is 0 Å². The van der Waals surface area contributed by atoms with Crippen LogP contribution in [0.2, 0.25) is 0 Å². The van der Waals surface area contributed by atoms with Crippen LogP contribution in [0.15, 0.2) is 0 Å². The van der Waals surface area contributed by atoms with E-state index in [9.17, 15) is 4.79 Å². The van der Waals surface area contributed by atoms with Crippen molar-refractivity contribution in [3.05, 3.63) is 0 Å². The van der Waals surface area contributed by atoms with Gasteiger partial charge in [-0.05, 0) is 34.2 Å². The predicted octanol–water partition coefficient (Wildman–Crippen LogP) is 1.34. The third-order valence-corrected chi connectivity index (χ3v) is 1.90. The average molecular weight is 217 g/mol. The van der Waals surface area contributed by atoms with Crippen LogP contribution in [-0.4, -0.2) is 37.9 Å². The highest BCUT2D eigenvalue weighted by atomic mass is 16.6. The molecule has 0 aromatic carbocycles. The summed E-state index contributed by atoms with van der Waals surface area (Å²) in [5.41, 5.74) is -0.181. The van der Waals surface area contributed by atoms with E-state index in [0.717, 1.165) is 6.42 Å². The van der Waals surface area contributed by atoms with Crippen molar-refractivity contribution < 1.29 is 14.3 Å². The zero-order chi connectivity index (χ0) is 11.9. The minimum atomic E-state index is -0.211. The molecule has 0 amide bonds. The first-order valence-electron chi connectivity index (χ1n) is 5.38. The molecule has 0 aliphatic rings. The molecule has 0 radical (unpaired) electrons. The summed E-state index contributed by atoms with van der Waals surface area (Å²) in [6.07, 6.45) is 0.732. The van der Waals surface area contributed by atoms with Crippen LogP contribution in [0.5, 0.6) is 0 Å². The SMILES string of the molecule is CCC(NC)C(=O)OCCOC(C)(C)C. The van der Waals surface area contributed by atoms with Gasteiger partial charge in [-0.25, -0.2) is 0 Å². The van der Waals surface area contributed by atoms with E-state index in [4.69, 9.17) is 9.47 Å². The van der Waals surface area contributed by atoms with Crippen LogP contribution in [0.25, 0.3) is 0 Å². The van der Waals surface area contributed by atoms with Gasteiger partial charge in [0, 0.05) is 0 Å². The fourth-order valence-electron chi connectivity index (χ4n) is 1.08. The van der Waals surface area contributed by atoms with E-state index in [0.29, 0.717) is 13.2 Å². The molecule has 1 unspecified atom stereocenters. The summed E-state index contributed by atoms with van der Waals surface area (Å²) >= 11 is 0. The number of rotatable bonds is 6. The van der Waals surface area contributed by atoms with Crippen molar-refractivity contribution >= 4 is 5.97 Å². The maximum absolute atomic E-state index is 11.4. The number of hydrogen-bond donors (Lipinski definition) is 1. The lowest BCUT2D eigenvalue weighted by atomic mass is 10.2. The Balaban J connectivity index is 3.63. The molecule has 0 fully saturated rings. The fraction of sp³-hybridized carbons (Fsp3) is 0.909. The van der Waals surface area contributed by atoms with Gasteiger partial charge in [0.05, 0.1) is 12.2 Å². The van der Waals surface area contributed by atoms with E-state index in [1.54, 1.807) is 7.05 Å². The topological polar surface area (TPSA) is 47.6 Å². The summed E-state index contributed by atoms with van der Waals surface area (Å²) < 4.78 is 10.5. The van der Waals surface area contributed by atoms with E-state index in [1.165, 1.54) is 0 Å². The normalized spacial score (nSPS) is 13.7. The molecule has 0 saturated heterocycles. The molecule has 4 nitrogen and oxygen atoms in total. The molecule has 0 heterocycles. The van der Waals surface area contributed by atoms with Gasteiger partial charge in [-0.15, -0.1) is 0 Å². The van der Waals surface area contributed by atoms with Crippen molar-refractivity contribution in [1.82, 2.24) is 5.32 Å². The lowest BCUT2D eigenvalue weighted by molar-refractivity contribution is -0.149. The Bertz CT molecular complexity index is 183. The third kappa shape index (κ3) is 7.33. The van der Waals surface area contributed by atoms with Crippen LogP contribution in [0.4, 0.5) is 0 Å². The number of ether oxygens (including phenoxy) is 2. The van der Waals surface area contributed by atoms with Gasteiger partial charge in [-0.1, -0.05) is 6.92 Å². The third-order valence-electron chi connectivity index (χ3n) is 1.90. The first-order valence-corrected chi connectivity index (χ1v) is 5.38. The van der Waals surface area contributed by atoms with Gasteiger partial charge in [0.1, 0.15) is 12.6 Å². The maximum Gasteiger partial charge on any atom is 0.323 e. The zero-order valence-corrected chi connectivity index (χ0v) is 10.4. The average Bonchev–Trinajstić information content (AvgIpc) is 2.13. The molecule has 0 saturated carbocycles. The summed E-state index contributed by atoms with van der Waals surface area (Å²) in [5, 5.41) is 2.89. The summed E-state index contributed by atoms with van der Waals surface area (Å²) in [6, 6.07) is -0.209. The molecule has 0 aromatic heterocycles. The second kappa shape index (κ2) is 6.80. The maximum atomic E-state index is 11.4. The largest absolute Gasteiger partial charge is 0.462 e. The van der Waals surface area contributed by atoms with Gasteiger partial charge in [0.2, 0.25) is 0 Å². The second-order valence-corrected chi connectivity index (χ2v) is 4.38. The van der Waals surface area contributed by atoms with Crippen molar-refractivity contribution in [2.75, 3.05) is 20.3 Å². The summed E-state index contributed by atoms with van der Waals surface area (Å²) in [6.45, 7) is 8.60. The van der Waals surface area contributed by atoms with E-state index in [-0.39, 0.29) is 17.6 Å². The monoisotopic (exact) mass is 217 g/mol. The van der Waals surface area contributed by atoms with Gasteiger partial charge in [-0.2, -0.15) is 0 Å². The Morgan fingerprint density at radius 1 is 1.33 bits per heavy atom. The number of hydrogen-bond acceptors (Lipinski definition) is 4. The molecule has 15 heavy (non-hydrogen) atoms. The van der Waals surface area contributed by atoms with Gasteiger partial charge >= 0.3 is 5.97 Å². The number of likely N-dealkylation sites (N-methyl/N-ethyl adjacent to an activating group) is 1. The molecule has 90 valence electrons. The Labute approximate surface area is 92.3 Å². The Kier molecular flexibility index (Phi) is 6.52. The Hall–Kier alpha value is -0.610. The predicted molar refractivity (Wildman–Crippen MR) is 59.8 cm³/mol. The van der Waals surface area contributed by atoms with Gasteiger partial charge in [-0.3, -0.25) is 4.79 Å². The lowest BCUT2D eigenvalue weighted by Gasteiger charge is -2.20. The minimum Gasteiger partial charge on any atom is -0.462 e. The highest BCUT2D eigenvalue weighted by molar-refractivity contribution is 5.75. The fourth-order valence-corrected chi connectivity index (χ4v) is 1.08. The molecular weight excluding hydrogens is 194 g/mol. The van der Waals surface area contributed by atoms with Gasteiger partial charge < -0.3 is 14.8 Å². The highest BCUT2D eigenvalue weighted by Crippen LogP contribution is 2.05. The first kappa shape index (κ1) is 14.4. The number of carbonyl (C=O) groups excluding carboxylic acids is 1. The van der Waals surface area contributed by atoms with Crippen molar-refractivity contribution in [3.63, 3.8) is 0 Å². The summed E-state index contributed by atoms with van der Waals surface area (Å²) in [5.74, 6) is -0.211. The van der Waals surface area contributed by atoms with Crippen molar-refractivity contribution in [2.24, 2.45) is 0 Å². The van der Waals surface area contributed by atoms with Crippen LogP contribution < -0.4 is 5.32 Å². The quantitative estimate of drug-likeness (QED) is 0.539. The van der Waals surface area contributed by atoms with Crippen LogP contribution >= 0.6 is 0 Å². The van der Waals surface area contributed by atoms with Crippen LogP contribution in [0, 0.1) is 0 Å². The molecule has 1 atom stereocenters. The number of nitrogens with one attached hydrogen (secondary N) is 1. The molecule has 0 aliphatic heterocycles. The Morgan fingerprint density at radius 3 is 2.33 bits per heavy atom. The molecule has 0 bridgehead atoms. The van der Waals surface area contributed by atoms with E-state index in [2.05, 4.69) is 5.32 Å². The molecule has 1 N–H and O–H groups in total. The first-order chi connectivity index (χ1) is 6.90. The zero-order valence-electron chi connectivity index (χ0n) is 10.4. The second-order valence-electron chi connectivity index (χ2n) is 4.38. The van der Waals surface area contributed by atoms with E-state index in [1.807, 2.05) is 27.7 Å². The molecule has 0 rings (SSSR count). The van der Waals surface area contributed by atoms with Gasteiger partial charge in [0.15, 0.2) is 0 Å². The van der Waals surface area contributed by atoms with Crippen LogP contribution in [0.1, 0.15) is 34.1 Å². The molecule has 4 heteroatoms. The summed E-state index contributed by atoms with van der Waals surface area (Å²) in [4.78, 5) is 11.4. The lowest BCUT2D eigenvalue weighted by Crippen LogP contribution is -2.35. The van der Waals surface area contributed by atoms with Crippen molar-refractivity contribution in [2.45, 2.75) is 45.8 Å². The number of carbonyl (C=O) groups is 1. The highest BCUT2D eigenvalue weighted by Gasteiger charge is 2.15. The van der Waals surface area contributed by atoms with Crippen LogP contribution in [-0.2, 0) is 14.3 Å². The molecule has 0 spiro atoms. The smallest absolute Gasteiger partial charge is 0.323 e. The standard InChI is InChI=1S/C11H23NO3/c1-6-9(12-5)10(13)14-7-8-15-11(2,3)4/h9,12H,6-8H2,1-5H3. The summed E-state index contributed by atoms with van der Waals surface area (Å²) in [7, 11) is 1.75. The molecule has 0 aromatic rings. The molecule has 0 aliphatic carbocycles. The minimum absolute atomic E-state index is 0.181. The molecular formula is C11H23NO3. The number of esters is 1. The van der Waals surface area contributed by atoms with Crippen LogP contribution in [0.3, 0.4) is 0 Å².